The molecule has 0 aromatic heterocycles. The molecule has 0 unspecified atom stereocenters. The van der Waals surface area contributed by atoms with Crippen LogP contribution in [0.1, 0.15) is 87.6 Å². The second-order valence-electron chi connectivity index (χ2n) is 6.60. The van der Waals surface area contributed by atoms with Crippen LogP contribution < -0.4 is 5.73 Å². The Labute approximate surface area is 125 Å². The molecule has 1 aromatic carbocycles. The molecule has 0 spiro atoms. The fourth-order valence-electron chi connectivity index (χ4n) is 2.53. The zero-order chi connectivity index (χ0) is 16.5. The van der Waals surface area contributed by atoms with Gasteiger partial charge in [-0.05, 0) is 40.0 Å². The van der Waals surface area contributed by atoms with Crippen molar-refractivity contribution in [2.45, 2.75) is 71.5 Å². The number of rotatable bonds is 4. The monoisotopic (exact) mass is 301 g/mol. The summed E-state index contributed by atoms with van der Waals surface area (Å²) >= 11 is 0. The molecule has 0 aliphatic rings. The Kier molecular flexibility index (Phi) is 5.48. The lowest BCUT2D eigenvalue weighted by Gasteiger charge is -2.27. The van der Waals surface area contributed by atoms with Gasteiger partial charge in [-0.2, -0.15) is 13.2 Å². The summed E-state index contributed by atoms with van der Waals surface area (Å²) < 4.78 is 39.5. The number of halogens is 3. The lowest BCUT2D eigenvalue weighted by molar-refractivity contribution is -0.149. The third-order valence-corrected chi connectivity index (χ3v) is 3.84. The minimum Gasteiger partial charge on any atom is -0.316 e. The second-order valence-corrected chi connectivity index (χ2v) is 6.60. The Balaban J connectivity index is 3.65. The van der Waals surface area contributed by atoms with Gasteiger partial charge in [-0.15, -0.1) is 0 Å². The lowest BCUT2D eigenvalue weighted by Crippen LogP contribution is -2.31. The molecule has 0 radical (unpaired) electrons. The highest BCUT2D eigenvalue weighted by atomic mass is 19.4. The fraction of sp³-hybridized carbons (Fsp3) is 0.647. The van der Waals surface area contributed by atoms with Gasteiger partial charge in [0, 0.05) is 0 Å². The lowest BCUT2D eigenvalue weighted by atomic mass is 9.81. The van der Waals surface area contributed by atoms with Crippen LogP contribution in [0, 0.1) is 0 Å². The maximum absolute atomic E-state index is 13.2. The topological polar surface area (TPSA) is 26.0 Å². The standard InChI is InChI=1S/C17H26F3N/c1-9(2)12-7-13(10(3)4)15(14(8-12)11(5)6)16(21)17(18,19)20/h7-11,16H,21H2,1-6H3/t16-/m0/s1. The van der Waals surface area contributed by atoms with Crippen molar-refractivity contribution in [2.24, 2.45) is 5.73 Å². The largest absolute Gasteiger partial charge is 0.407 e. The molecule has 1 rings (SSSR count). The second kappa shape index (κ2) is 6.39. The smallest absolute Gasteiger partial charge is 0.316 e. The van der Waals surface area contributed by atoms with Crippen molar-refractivity contribution in [1.82, 2.24) is 0 Å². The van der Waals surface area contributed by atoms with E-state index in [4.69, 9.17) is 5.73 Å². The number of nitrogens with two attached hydrogens (primary N) is 1. The molecular formula is C17H26F3N. The summed E-state index contributed by atoms with van der Waals surface area (Å²) in [6.07, 6.45) is -4.42. The van der Waals surface area contributed by atoms with Gasteiger partial charge in [0.15, 0.2) is 0 Å². The number of alkyl halides is 3. The molecule has 4 heteroatoms. The molecule has 0 heterocycles. The summed E-state index contributed by atoms with van der Waals surface area (Å²) in [5.74, 6) is 0.283. The minimum atomic E-state index is -4.42. The quantitative estimate of drug-likeness (QED) is 0.767. The molecule has 21 heavy (non-hydrogen) atoms. The predicted octanol–water partition coefficient (Wildman–Crippen LogP) is 5.62. The van der Waals surface area contributed by atoms with Crippen LogP contribution in [0.15, 0.2) is 12.1 Å². The van der Waals surface area contributed by atoms with Crippen molar-refractivity contribution in [2.75, 3.05) is 0 Å². The molecule has 1 atom stereocenters. The molecular weight excluding hydrogens is 275 g/mol. The number of hydrogen-bond acceptors (Lipinski definition) is 1. The van der Waals surface area contributed by atoms with Crippen LogP contribution >= 0.6 is 0 Å². The highest BCUT2D eigenvalue weighted by Gasteiger charge is 2.40. The fourth-order valence-corrected chi connectivity index (χ4v) is 2.53. The SMILES string of the molecule is CC(C)c1cc(C(C)C)c([C@H](N)C(F)(F)F)c(C(C)C)c1. The molecule has 1 aromatic rings. The van der Waals surface area contributed by atoms with Gasteiger partial charge in [-0.1, -0.05) is 53.7 Å². The van der Waals surface area contributed by atoms with E-state index < -0.39 is 12.2 Å². The molecule has 0 aliphatic heterocycles. The van der Waals surface area contributed by atoms with E-state index in [1.54, 1.807) is 0 Å². The molecule has 0 fully saturated rings. The van der Waals surface area contributed by atoms with Crippen LogP contribution in [0.2, 0.25) is 0 Å². The van der Waals surface area contributed by atoms with Crippen LogP contribution in [0.5, 0.6) is 0 Å². The van der Waals surface area contributed by atoms with E-state index in [9.17, 15) is 13.2 Å². The Morgan fingerprint density at radius 2 is 1.19 bits per heavy atom. The van der Waals surface area contributed by atoms with Crippen molar-refractivity contribution in [3.05, 3.63) is 34.4 Å². The predicted molar refractivity (Wildman–Crippen MR) is 81.7 cm³/mol. The summed E-state index contributed by atoms with van der Waals surface area (Å²) in [4.78, 5) is 0. The number of hydrogen-bond donors (Lipinski definition) is 1. The molecule has 0 amide bonds. The van der Waals surface area contributed by atoms with Crippen molar-refractivity contribution in [1.29, 1.82) is 0 Å². The third kappa shape index (κ3) is 4.00. The summed E-state index contributed by atoms with van der Waals surface area (Å²) in [7, 11) is 0. The van der Waals surface area contributed by atoms with Gasteiger partial charge in [-0.25, -0.2) is 0 Å². The zero-order valence-electron chi connectivity index (χ0n) is 13.7. The maximum Gasteiger partial charge on any atom is 0.407 e. The summed E-state index contributed by atoms with van der Waals surface area (Å²) in [5, 5.41) is 0. The average molecular weight is 301 g/mol. The van der Waals surface area contributed by atoms with E-state index in [0.29, 0.717) is 0 Å². The first-order valence-corrected chi connectivity index (χ1v) is 7.46. The van der Waals surface area contributed by atoms with Crippen molar-refractivity contribution >= 4 is 0 Å². The first-order valence-electron chi connectivity index (χ1n) is 7.46. The van der Waals surface area contributed by atoms with Gasteiger partial charge in [0.2, 0.25) is 0 Å². The molecule has 2 N–H and O–H groups in total. The van der Waals surface area contributed by atoms with Crippen molar-refractivity contribution < 1.29 is 13.2 Å². The van der Waals surface area contributed by atoms with E-state index in [-0.39, 0.29) is 23.3 Å². The van der Waals surface area contributed by atoms with Gasteiger partial charge < -0.3 is 5.73 Å². The molecule has 1 nitrogen and oxygen atoms in total. The van der Waals surface area contributed by atoms with Crippen molar-refractivity contribution in [3.8, 4) is 0 Å². The van der Waals surface area contributed by atoms with E-state index in [1.807, 2.05) is 53.7 Å². The molecule has 0 saturated heterocycles. The Morgan fingerprint density at radius 3 is 1.43 bits per heavy atom. The molecule has 0 saturated carbocycles. The average Bonchev–Trinajstić information content (AvgIpc) is 2.34. The Bertz CT molecular complexity index is 458. The molecule has 120 valence electrons. The van der Waals surface area contributed by atoms with Gasteiger partial charge in [-0.3, -0.25) is 0 Å². The molecule has 0 bridgehead atoms. The van der Waals surface area contributed by atoms with Gasteiger partial charge >= 0.3 is 6.18 Å². The van der Waals surface area contributed by atoms with Gasteiger partial charge in [0.1, 0.15) is 6.04 Å². The van der Waals surface area contributed by atoms with Gasteiger partial charge in [0.05, 0.1) is 0 Å². The van der Waals surface area contributed by atoms with Crippen LogP contribution in [0.25, 0.3) is 0 Å². The zero-order valence-corrected chi connectivity index (χ0v) is 13.7. The van der Waals surface area contributed by atoms with Crippen LogP contribution in [0.4, 0.5) is 13.2 Å². The van der Waals surface area contributed by atoms with Gasteiger partial charge in [0.25, 0.3) is 0 Å². The molecule has 0 aliphatic carbocycles. The van der Waals surface area contributed by atoms with E-state index in [2.05, 4.69) is 0 Å². The summed E-state index contributed by atoms with van der Waals surface area (Å²) in [6.45, 7) is 11.7. The highest BCUT2D eigenvalue weighted by molar-refractivity contribution is 5.45. The minimum absolute atomic E-state index is 0.00426. The van der Waals surface area contributed by atoms with E-state index in [1.165, 1.54) is 0 Å². The summed E-state index contributed by atoms with van der Waals surface area (Å²) in [5.41, 5.74) is 8.32. The normalized spacial score (nSPS) is 14.3. The third-order valence-electron chi connectivity index (χ3n) is 3.84. The summed E-state index contributed by atoms with van der Waals surface area (Å²) in [6, 6.07) is 1.86. The highest BCUT2D eigenvalue weighted by Crippen LogP contribution is 2.40. The number of benzene rings is 1. The Hall–Kier alpha value is -1.03. The Morgan fingerprint density at radius 1 is 0.810 bits per heavy atom. The van der Waals surface area contributed by atoms with Crippen LogP contribution in [0.3, 0.4) is 0 Å². The van der Waals surface area contributed by atoms with Crippen molar-refractivity contribution in [3.63, 3.8) is 0 Å². The van der Waals surface area contributed by atoms with E-state index in [0.717, 1.165) is 16.7 Å². The van der Waals surface area contributed by atoms with E-state index >= 15 is 0 Å². The first kappa shape index (κ1) is 18.0. The van der Waals surface area contributed by atoms with Crippen LogP contribution in [-0.4, -0.2) is 6.18 Å². The first-order chi connectivity index (χ1) is 9.46. The maximum atomic E-state index is 13.2. The van der Waals surface area contributed by atoms with Crippen LogP contribution in [-0.2, 0) is 0 Å².